The van der Waals surface area contributed by atoms with Gasteiger partial charge in [0.25, 0.3) is 11.8 Å². The normalized spacial score (nSPS) is 11.6. The van der Waals surface area contributed by atoms with Crippen molar-refractivity contribution in [3.8, 4) is 11.5 Å². The summed E-state index contributed by atoms with van der Waals surface area (Å²) in [6.07, 6.45) is 2.76. The fourth-order valence-electron chi connectivity index (χ4n) is 4.04. The van der Waals surface area contributed by atoms with Gasteiger partial charge < -0.3 is 29.8 Å². The number of carbonyl (C=O) groups is 3. The maximum atomic E-state index is 13.0. The molecular formula is C30H31N5O6. The molecule has 4 aromatic rings. The monoisotopic (exact) mass is 557 g/mol. The molecule has 1 heterocycles. The first-order valence-corrected chi connectivity index (χ1v) is 12.9. The maximum Gasteiger partial charge on any atom is 0.407 e. The number of alkyl carbamates (subject to hydrolysis) is 1. The van der Waals surface area contributed by atoms with E-state index in [-0.39, 0.29) is 25.5 Å². The van der Waals surface area contributed by atoms with Gasteiger partial charge in [0.05, 0.1) is 19.9 Å². The third-order valence-corrected chi connectivity index (χ3v) is 5.98. The summed E-state index contributed by atoms with van der Waals surface area (Å²) in [7, 11) is 1.48. The molecule has 212 valence electrons. The minimum Gasteiger partial charge on any atom is -0.493 e. The van der Waals surface area contributed by atoms with Crippen LogP contribution < -0.4 is 25.5 Å². The Hall–Kier alpha value is -5.32. The zero-order chi connectivity index (χ0) is 29.0. The highest BCUT2D eigenvalue weighted by atomic mass is 16.5. The summed E-state index contributed by atoms with van der Waals surface area (Å²) in [5.74, 6) is -0.0792. The van der Waals surface area contributed by atoms with Crippen molar-refractivity contribution in [3.05, 3.63) is 90.1 Å². The molecule has 0 aliphatic carbocycles. The van der Waals surface area contributed by atoms with E-state index >= 15 is 0 Å². The zero-order valence-corrected chi connectivity index (χ0v) is 22.7. The fraction of sp³-hybridized carbons (Fsp3) is 0.200. The van der Waals surface area contributed by atoms with Crippen molar-refractivity contribution in [1.82, 2.24) is 15.7 Å². The second-order valence-corrected chi connectivity index (χ2v) is 8.83. The lowest BCUT2D eigenvalue weighted by atomic mass is 10.0. The molecule has 4 rings (SSSR count). The summed E-state index contributed by atoms with van der Waals surface area (Å²) in [6.45, 7) is 1.65. The van der Waals surface area contributed by atoms with Crippen LogP contribution in [0.1, 0.15) is 18.1 Å². The van der Waals surface area contributed by atoms with E-state index in [9.17, 15) is 14.4 Å². The van der Waals surface area contributed by atoms with Crippen LogP contribution in [0.5, 0.6) is 11.5 Å². The Kier molecular flexibility index (Phi) is 9.92. The van der Waals surface area contributed by atoms with Gasteiger partial charge in [-0.15, -0.1) is 0 Å². The van der Waals surface area contributed by atoms with E-state index in [1.807, 2.05) is 48.7 Å². The van der Waals surface area contributed by atoms with Gasteiger partial charge in [0, 0.05) is 29.2 Å². The lowest BCUT2D eigenvalue weighted by Crippen LogP contribution is -2.47. The van der Waals surface area contributed by atoms with Crippen LogP contribution in [0.25, 0.3) is 10.9 Å². The van der Waals surface area contributed by atoms with Crippen LogP contribution in [-0.2, 0) is 20.7 Å². The molecule has 0 aliphatic rings. The van der Waals surface area contributed by atoms with Crippen molar-refractivity contribution in [3.63, 3.8) is 0 Å². The molecule has 3 amide bonds. The van der Waals surface area contributed by atoms with Gasteiger partial charge in [-0.3, -0.25) is 9.59 Å². The van der Waals surface area contributed by atoms with Crippen molar-refractivity contribution < 1.29 is 28.6 Å². The predicted molar refractivity (Wildman–Crippen MR) is 155 cm³/mol. The van der Waals surface area contributed by atoms with Crippen molar-refractivity contribution >= 4 is 40.7 Å². The number of hydrogen-bond donors (Lipinski definition) is 4. The summed E-state index contributed by atoms with van der Waals surface area (Å²) in [5, 5.41) is 10.3. The fourth-order valence-corrected chi connectivity index (χ4v) is 4.04. The van der Waals surface area contributed by atoms with Crippen LogP contribution in [0, 0.1) is 0 Å². The first-order valence-electron chi connectivity index (χ1n) is 12.9. The van der Waals surface area contributed by atoms with Crippen LogP contribution in [0.15, 0.2) is 84.1 Å². The van der Waals surface area contributed by atoms with Crippen molar-refractivity contribution in [2.75, 3.05) is 25.6 Å². The van der Waals surface area contributed by atoms with Crippen molar-refractivity contribution in [1.29, 1.82) is 0 Å². The number of hydrogen-bond acceptors (Lipinski definition) is 7. The summed E-state index contributed by atoms with van der Waals surface area (Å²) < 4.78 is 16.0. The third kappa shape index (κ3) is 8.09. The minimum absolute atomic E-state index is 0.171. The molecule has 0 radical (unpaired) electrons. The summed E-state index contributed by atoms with van der Waals surface area (Å²) in [5.41, 5.74) is 5.54. The minimum atomic E-state index is -0.933. The molecule has 0 saturated carbocycles. The molecule has 11 heteroatoms. The quantitative estimate of drug-likeness (QED) is 0.153. The third-order valence-electron chi connectivity index (χ3n) is 5.98. The number of fused-ring (bicyclic) bond motifs is 1. The number of methoxy groups -OCH3 is 1. The number of H-pyrrole nitrogens is 1. The average Bonchev–Trinajstić information content (AvgIpc) is 3.39. The van der Waals surface area contributed by atoms with Gasteiger partial charge >= 0.3 is 6.09 Å². The maximum absolute atomic E-state index is 13.0. The van der Waals surface area contributed by atoms with Gasteiger partial charge in [-0.1, -0.05) is 36.4 Å². The van der Waals surface area contributed by atoms with E-state index in [4.69, 9.17) is 14.2 Å². The number of rotatable bonds is 12. The lowest BCUT2D eigenvalue weighted by Gasteiger charge is -2.16. The Balaban J connectivity index is 1.37. The van der Waals surface area contributed by atoms with Crippen LogP contribution in [0.2, 0.25) is 0 Å². The molecule has 11 nitrogen and oxygen atoms in total. The number of hydrazone groups is 1. The Morgan fingerprint density at radius 2 is 1.78 bits per heavy atom. The van der Waals surface area contributed by atoms with E-state index in [1.165, 1.54) is 13.3 Å². The number of ether oxygens (including phenoxy) is 3. The van der Waals surface area contributed by atoms with Crippen LogP contribution in [0.4, 0.5) is 10.5 Å². The number of benzene rings is 3. The molecular weight excluding hydrogens is 526 g/mol. The number of anilines is 1. The van der Waals surface area contributed by atoms with E-state index in [0.717, 1.165) is 16.5 Å². The summed E-state index contributed by atoms with van der Waals surface area (Å²) in [6, 6.07) is 20.8. The zero-order valence-electron chi connectivity index (χ0n) is 22.7. The molecule has 0 unspecified atom stereocenters. The molecule has 0 saturated heterocycles. The summed E-state index contributed by atoms with van der Waals surface area (Å²) in [4.78, 5) is 40.5. The Bertz CT molecular complexity index is 1520. The molecule has 0 aliphatic heterocycles. The van der Waals surface area contributed by atoms with E-state index in [2.05, 4.69) is 26.1 Å². The van der Waals surface area contributed by atoms with Crippen LogP contribution >= 0.6 is 0 Å². The lowest BCUT2D eigenvalue weighted by molar-refractivity contribution is -0.123. The number of nitrogens with one attached hydrogen (secondary N) is 4. The molecule has 1 atom stereocenters. The highest BCUT2D eigenvalue weighted by Gasteiger charge is 2.23. The SMILES string of the molecule is CCOC(=O)N[C@H](Cc1c[nH]c2ccccc12)C(=O)N/N=C\c1ccc(OCC(=O)Nc2ccccc2)c(OC)c1. The number of aromatic amines is 1. The van der Waals surface area contributed by atoms with E-state index < -0.39 is 18.0 Å². The molecule has 41 heavy (non-hydrogen) atoms. The number of amides is 3. The molecule has 3 aromatic carbocycles. The van der Waals surface area contributed by atoms with Gasteiger partial charge in [-0.2, -0.15) is 5.10 Å². The van der Waals surface area contributed by atoms with Gasteiger partial charge in [-0.25, -0.2) is 10.2 Å². The second kappa shape index (κ2) is 14.2. The number of nitrogens with zero attached hydrogens (tertiary/aromatic N) is 1. The average molecular weight is 558 g/mol. The first kappa shape index (κ1) is 28.7. The number of carbonyl (C=O) groups excluding carboxylic acids is 3. The van der Waals surface area contributed by atoms with Gasteiger partial charge in [-0.05, 0) is 54.4 Å². The Morgan fingerprint density at radius 1 is 1.00 bits per heavy atom. The number of aromatic nitrogens is 1. The smallest absolute Gasteiger partial charge is 0.407 e. The summed E-state index contributed by atoms with van der Waals surface area (Å²) >= 11 is 0. The predicted octanol–water partition coefficient (Wildman–Crippen LogP) is 4.00. The van der Waals surface area contributed by atoms with E-state index in [0.29, 0.717) is 22.7 Å². The molecule has 0 bridgehead atoms. The largest absolute Gasteiger partial charge is 0.493 e. The van der Waals surface area contributed by atoms with Gasteiger partial charge in [0.1, 0.15) is 6.04 Å². The van der Waals surface area contributed by atoms with Crippen molar-refractivity contribution in [2.45, 2.75) is 19.4 Å². The molecule has 0 spiro atoms. The highest BCUT2D eigenvalue weighted by Crippen LogP contribution is 2.27. The first-order chi connectivity index (χ1) is 20.0. The van der Waals surface area contributed by atoms with Gasteiger partial charge in [0.2, 0.25) is 0 Å². The Morgan fingerprint density at radius 3 is 2.56 bits per heavy atom. The second-order valence-electron chi connectivity index (χ2n) is 8.83. The van der Waals surface area contributed by atoms with E-state index in [1.54, 1.807) is 37.3 Å². The van der Waals surface area contributed by atoms with Crippen LogP contribution in [0.3, 0.4) is 0 Å². The molecule has 4 N–H and O–H groups in total. The standard InChI is InChI=1S/C30H31N5O6/c1-3-40-30(38)34-25(16-21-18-31-24-12-8-7-11-23(21)24)29(37)35-32-17-20-13-14-26(27(15-20)39-2)41-19-28(36)33-22-9-5-4-6-10-22/h4-15,17-18,25,31H,3,16,19H2,1-2H3,(H,33,36)(H,34,38)(H,35,37)/b32-17-/t25-/m1/s1. The van der Waals surface area contributed by atoms with Crippen LogP contribution in [-0.4, -0.2) is 55.5 Å². The topological polar surface area (TPSA) is 143 Å². The van der Waals surface area contributed by atoms with Crippen molar-refractivity contribution in [2.24, 2.45) is 5.10 Å². The Labute approximate surface area is 236 Å². The van der Waals surface area contributed by atoms with Gasteiger partial charge in [0.15, 0.2) is 18.1 Å². The highest BCUT2D eigenvalue weighted by molar-refractivity contribution is 5.92. The number of para-hydroxylation sites is 2. The molecule has 1 aromatic heterocycles. The molecule has 0 fully saturated rings.